The van der Waals surface area contributed by atoms with Crippen LogP contribution in [0.15, 0.2) is 84.9 Å². The molecule has 0 saturated heterocycles. The van der Waals surface area contributed by atoms with E-state index in [1.165, 1.54) is 0 Å². The normalized spacial score (nSPS) is 11.6. The van der Waals surface area contributed by atoms with E-state index in [9.17, 15) is 9.59 Å². The number of rotatable bonds is 7. The van der Waals surface area contributed by atoms with E-state index in [-0.39, 0.29) is 24.7 Å². The van der Waals surface area contributed by atoms with E-state index in [1.54, 1.807) is 0 Å². The zero-order chi connectivity index (χ0) is 19.1. The molecule has 3 rings (SSSR count). The van der Waals surface area contributed by atoms with Gasteiger partial charge in [-0.25, -0.2) is 0 Å². The van der Waals surface area contributed by atoms with E-state index >= 15 is 0 Å². The van der Waals surface area contributed by atoms with Crippen molar-refractivity contribution in [2.45, 2.75) is 18.8 Å². The van der Waals surface area contributed by atoms with Gasteiger partial charge in [0.25, 0.3) is 0 Å². The van der Waals surface area contributed by atoms with Gasteiger partial charge in [0, 0.05) is 18.0 Å². The van der Waals surface area contributed by atoms with Crippen LogP contribution in [0, 0.1) is 0 Å². The predicted octanol–water partition coefficient (Wildman–Crippen LogP) is 4.94. The van der Waals surface area contributed by atoms with E-state index in [1.807, 2.05) is 84.9 Å². The smallest absolute Gasteiger partial charge is 0.303 e. The molecule has 1 atom stereocenters. The molecule has 0 aromatic heterocycles. The van der Waals surface area contributed by atoms with E-state index in [0.717, 1.165) is 16.7 Å². The average molecular weight is 359 g/mol. The summed E-state index contributed by atoms with van der Waals surface area (Å²) in [4.78, 5) is 23.6. The lowest BCUT2D eigenvalue weighted by molar-refractivity contribution is -0.137. The summed E-state index contributed by atoms with van der Waals surface area (Å²) in [6.07, 6.45) is 0.0428. The quantitative estimate of drug-likeness (QED) is 0.628. The second-order valence-corrected chi connectivity index (χ2v) is 6.40. The van der Waals surface area contributed by atoms with Crippen LogP contribution >= 0.6 is 0 Å². The minimum atomic E-state index is -0.913. The molecule has 136 valence electrons. The zero-order valence-electron chi connectivity index (χ0n) is 14.8. The monoisotopic (exact) mass is 359 g/mol. The average Bonchev–Trinajstić information content (AvgIpc) is 2.69. The zero-order valence-corrected chi connectivity index (χ0v) is 14.8. The van der Waals surface area contributed by atoms with Crippen molar-refractivity contribution in [2.24, 2.45) is 0 Å². The van der Waals surface area contributed by atoms with Crippen molar-refractivity contribution >= 4 is 17.6 Å². The van der Waals surface area contributed by atoms with Crippen LogP contribution in [0.4, 0.5) is 5.69 Å². The van der Waals surface area contributed by atoms with E-state index in [0.29, 0.717) is 5.69 Å². The fourth-order valence-electron chi connectivity index (χ4n) is 3.06. The van der Waals surface area contributed by atoms with Crippen LogP contribution in [0.5, 0.6) is 0 Å². The van der Waals surface area contributed by atoms with E-state index in [4.69, 9.17) is 5.11 Å². The van der Waals surface area contributed by atoms with Gasteiger partial charge in [-0.3, -0.25) is 9.59 Å². The lowest BCUT2D eigenvalue weighted by Gasteiger charge is -2.15. The molecule has 0 saturated carbocycles. The molecule has 3 aromatic rings. The summed E-state index contributed by atoms with van der Waals surface area (Å²) in [6.45, 7) is 0. The Morgan fingerprint density at radius 2 is 1.30 bits per heavy atom. The van der Waals surface area contributed by atoms with Gasteiger partial charge in [0.2, 0.25) is 5.91 Å². The first kappa shape index (κ1) is 18.4. The molecule has 1 amide bonds. The molecule has 3 aromatic carbocycles. The SMILES string of the molecule is O=C(O)C[C@@H](CC(=O)Nc1ccc(-c2ccccc2)cc1)c1ccccc1. The summed E-state index contributed by atoms with van der Waals surface area (Å²) in [5.74, 6) is -1.46. The number of carbonyl (C=O) groups is 2. The maximum Gasteiger partial charge on any atom is 0.303 e. The lowest BCUT2D eigenvalue weighted by atomic mass is 9.92. The van der Waals surface area contributed by atoms with Crippen LogP contribution in [0.2, 0.25) is 0 Å². The molecular formula is C23H21NO3. The van der Waals surface area contributed by atoms with Crippen LogP contribution in [0.25, 0.3) is 11.1 Å². The second-order valence-electron chi connectivity index (χ2n) is 6.40. The maximum atomic E-state index is 12.4. The first-order chi connectivity index (χ1) is 13.1. The van der Waals surface area contributed by atoms with Crippen molar-refractivity contribution in [3.63, 3.8) is 0 Å². The third-order valence-corrected chi connectivity index (χ3v) is 4.40. The van der Waals surface area contributed by atoms with Crippen molar-refractivity contribution in [2.75, 3.05) is 5.32 Å². The highest BCUT2D eigenvalue weighted by Crippen LogP contribution is 2.25. The number of anilines is 1. The standard InChI is InChI=1S/C23H21NO3/c25-22(15-20(16-23(26)27)18-9-5-2-6-10-18)24-21-13-11-19(12-14-21)17-7-3-1-4-8-17/h1-14,20H,15-16H2,(H,24,25)(H,26,27)/t20-/m1/s1. The Morgan fingerprint density at radius 1 is 0.741 bits per heavy atom. The van der Waals surface area contributed by atoms with Gasteiger partial charge in [0.05, 0.1) is 6.42 Å². The molecule has 0 aliphatic carbocycles. The second kappa shape index (κ2) is 8.81. The number of carboxylic acid groups (broad SMARTS) is 1. The van der Waals surface area contributed by atoms with Crippen LogP contribution in [-0.2, 0) is 9.59 Å². The van der Waals surface area contributed by atoms with Gasteiger partial charge in [-0.05, 0) is 28.8 Å². The van der Waals surface area contributed by atoms with Gasteiger partial charge in [-0.1, -0.05) is 72.8 Å². The third kappa shape index (κ3) is 5.28. The van der Waals surface area contributed by atoms with Crippen LogP contribution in [-0.4, -0.2) is 17.0 Å². The van der Waals surface area contributed by atoms with Crippen molar-refractivity contribution in [1.29, 1.82) is 0 Å². The Hall–Kier alpha value is -3.40. The van der Waals surface area contributed by atoms with Gasteiger partial charge >= 0.3 is 5.97 Å². The fourth-order valence-corrected chi connectivity index (χ4v) is 3.06. The lowest BCUT2D eigenvalue weighted by Crippen LogP contribution is -2.17. The Bertz CT molecular complexity index is 890. The van der Waals surface area contributed by atoms with Gasteiger partial charge in [-0.2, -0.15) is 0 Å². The molecule has 2 N–H and O–H groups in total. The first-order valence-electron chi connectivity index (χ1n) is 8.84. The molecule has 4 heteroatoms. The highest BCUT2D eigenvalue weighted by molar-refractivity contribution is 5.92. The Labute approximate surface area is 158 Å². The van der Waals surface area contributed by atoms with Gasteiger partial charge in [0.15, 0.2) is 0 Å². The highest BCUT2D eigenvalue weighted by atomic mass is 16.4. The number of carbonyl (C=O) groups excluding carboxylic acids is 1. The predicted molar refractivity (Wildman–Crippen MR) is 107 cm³/mol. The summed E-state index contributed by atoms with van der Waals surface area (Å²) in [5.41, 5.74) is 3.74. The van der Waals surface area contributed by atoms with Crippen LogP contribution in [0.3, 0.4) is 0 Å². The minimum absolute atomic E-state index is 0.0790. The van der Waals surface area contributed by atoms with Crippen LogP contribution < -0.4 is 5.32 Å². The van der Waals surface area contributed by atoms with Crippen LogP contribution in [0.1, 0.15) is 24.3 Å². The van der Waals surface area contributed by atoms with Gasteiger partial charge < -0.3 is 10.4 Å². The summed E-state index contributed by atoms with van der Waals surface area (Å²) < 4.78 is 0. The number of aliphatic carboxylic acids is 1. The number of amides is 1. The van der Waals surface area contributed by atoms with Crippen molar-refractivity contribution in [3.8, 4) is 11.1 Å². The highest BCUT2D eigenvalue weighted by Gasteiger charge is 2.19. The molecule has 0 fully saturated rings. The summed E-state index contributed by atoms with van der Waals surface area (Å²) in [6, 6.07) is 26.9. The Morgan fingerprint density at radius 3 is 1.89 bits per heavy atom. The van der Waals surface area contributed by atoms with Crippen molar-refractivity contribution < 1.29 is 14.7 Å². The molecule has 0 aliphatic rings. The fraction of sp³-hybridized carbons (Fsp3) is 0.130. The number of benzene rings is 3. The molecule has 0 aliphatic heterocycles. The topological polar surface area (TPSA) is 66.4 Å². The molecule has 0 bridgehead atoms. The van der Waals surface area contributed by atoms with Gasteiger partial charge in [0.1, 0.15) is 0 Å². The maximum absolute atomic E-state index is 12.4. The molecule has 0 radical (unpaired) electrons. The third-order valence-electron chi connectivity index (χ3n) is 4.40. The molecule has 0 heterocycles. The van der Waals surface area contributed by atoms with Crippen molar-refractivity contribution in [1.82, 2.24) is 0 Å². The van der Waals surface area contributed by atoms with Gasteiger partial charge in [-0.15, -0.1) is 0 Å². The molecular weight excluding hydrogens is 338 g/mol. The summed E-state index contributed by atoms with van der Waals surface area (Å²) >= 11 is 0. The largest absolute Gasteiger partial charge is 0.481 e. The van der Waals surface area contributed by atoms with Crippen molar-refractivity contribution in [3.05, 3.63) is 90.5 Å². The summed E-state index contributed by atoms with van der Waals surface area (Å²) in [7, 11) is 0. The molecule has 0 spiro atoms. The number of carboxylic acids is 1. The Kier molecular flexibility index (Phi) is 6.00. The number of nitrogens with one attached hydrogen (secondary N) is 1. The minimum Gasteiger partial charge on any atom is -0.481 e. The summed E-state index contributed by atoms with van der Waals surface area (Å²) in [5, 5.41) is 12.0. The Balaban J connectivity index is 1.66. The van der Waals surface area contributed by atoms with E-state index in [2.05, 4.69) is 5.32 Å². The molecule has 4 nitrogen and oxygen atoms in total. The van der Waals surface area contributed by atoms with E-state index < -0.39 is 5.97 Å². The molecule has 27 heavy (non-hydrogen) atoms. The molecule has 0 unspecified atom stereocenters. The first-order valence-corrected chi connectivity index (χ1v) is 8.84. The number of hydrogen-bond acceptors (Lipinski definition) is 2. The number of hydrogen-bond donors (Lipinski definition) is 2.